The summed E-state index contributed by atoms with van der Waals surface area (Å²) in [7, 11) is 0. The molecule has 1 unspecified atom stereocenters. The second kappa shape index (κ2) is 3.60. The Hall–Kier alpha value is -0.520. The van der Waals surface area contributed by atoms with Gasteiger partial charge in [0.25, 0.3) is 0 Å². The van der Waals surface area contributed by atoms with Gasteiger partial charge in [-0.15, -0.1) is 6.42 Å². The van der Waals surface area contributed by atoms with E-state index in [4.69, 9.17) is 16.9 Å². The molecule has 0 bridgehead atoms. The molecule has 0 spiro atoms. The monoisotopic (exact) mass is 141 g/mol. The van der Waals surface area contributed by atoms with Crippen molar-refractivity contribution in [1.82, 2.24) is 0 Å². The largest absolute Gasteiger partial charge is 0.373 e. The maximum absolute atomic E-state index is 5.58. The quantitative estimate of drug-likeness (QED) is 0.589. The van der Waals surface area contributed by atoms with Crippen molar-refractivity contribution >= 4 is 0 Å². The molecule has 0 rings (SSSR count). The van der Waals surface area contributed by atoms with Crippen molar-refractivity contribution in [1.29, 1.82) is 0 Å². The van der Waals surface area contributed by atoms with Gasteiger partial charge in [0, 0.05) is 6.61 Å². The van der Waals surface area contributed by atoms with Crippen molar-refractivity contribution in [3.8, 4) is 12.3 Å². The van der Waals surface area contributed by atoms with Crippen molar-refractivity contribution in [2.24, 2.45) is 5.73 Å². The molecular formula is C8H15NO. The minimum Gasteiger partial charge on any atom is -0.373 e. The number of rotatable bonds is 3. The number of ether oxygens (including phenoxy) is 1. The van der Waals surface area contributed by atoms with Gasteiger partial charge in [-0.2, -0.15) is 0 Å². The molecule has 0 saturated carbocycles. The molecular weight excluding hydrogens is 126 g/mol. The van der Waals surface area contributed by atoms with Gasteiger partial charge in [0.1, 0.15) is 0 Å². The third-order valence-corrected chi connectivity index (χ3v) is 1.44. The maximum Gasteiger partial charge on any atom is 0.0950 e. The zero-order valence-electron chi connectivity index (χ0n) is 6.85. The number of hydrogen-bond acceptors (Lipinski definition) is 2. The Bertz CT molecular complexity index is 135. The predicted octanol–water partition coefficient (Wildman–Crippen LogP) is 0.762. The van der Waals surface area contributed by atoms with Crippen molar-refractivity contribution in [3.05, 3.63) is 0 Å². The summed E-state index contributed by atoms with van der Waals surface area (Å²) in [6, 6.07) is -0.326. The minimum absolute atomic E-state index is 0.326. The molecule has 0 fully saturated rings. The lowest BCUT2D eigenvalue weighted by molar-refractivity contribution is -0.0166. The highest BCUT2D eigenvalue weighted by Crippen LogP contribution is 2.11. The van der Waals surface area contributed by atoms with Crippen LogP contribution in [0.4, 0.5) is 0 Å². The first-order valence-corrected chi connectivity index (χ1v) is 3.40. The summed E-state index contributed by atoms with van der Waals surface area (Å²) in [5.74, 6) is 2.44. The van der Waals surface area contributed by atoms with Crippen LogP contribution in [0.15, 0.2) is 0 Å². The molecule has 1 atom stereocenters. The van der Waals surface area contributed by atoms with Crippen molar-refractivity contribution in [2.45, 2.75) is 32.4 Å². The van der Waals surface area contributed by atoms with Crippen molar-refractivity contribution < 1.29 is 4.74 Å². The van der Waals surface area contributed by atoms with Gasteiger partial charge in [0.05, 0.1) is 11.6 Å². The van der Waals surface area contributed by atoms with Gasteiger partial charge in [-0.1, -0.05) is 5.92 Å². The lowest BCUT2D eigenvalue weighted by Crippen LogP contribution is -2.44. The van der Waals surface area contributed by atoms with Crippen LogP contribution in [0.1, 0.15) is 20.8 Å². The molecule has 58 valence electrons. The van der Waals surface area contributed by atoms with Crippen LogP contribution in [0.5, 0.6) is 0 Å². The summed E-state index contributed by atoms with van der Waals surface area (Å²) in [6.07, 6.45) is 5.13. The van der Waals surface area contributed by atoms with E-state index in [1.165, 1.54) is 0 Å². The summed E-state index contributed by atoms with van der Waals surface area (Å²) >= 11 is 0. The molecule has 0 aromatic rings. The smallest absolute Gasteiger partial charge is 0.0950 e. The van der Waals surface area contributed by atoms with Crippen LogP contribution in [-0.2, 0) is 4.74 Å². The fourth-order valence-electron chi connectivity index (χ4n) is 0.662. The fraction of sp³-hybridized carbons (Fsp3) is 0.750. The van der Waals surface area contributed by atoms with Crippen LogP contribution in [0.3, 0.4) is 0 Å². The second-order valence-corrected chi connectivity index (χ2v) is 2.68. The second-order valence-electron chi connectivity index (χ2n) is 2.68. The number of terminal acetylenes is 1. The van der Waals surface area contributed by atoms with Gasteiger partial charge in [0.15, 0.2) is 0 Å². The molecule has 2 heteroatoms. The summed E-state index contributed by atoms with van der Waals surface area (Å²) < 4.78 is 5.31. The summed E-state index contributed by atoms with van der Waals surface area (Å²) in [5, 5.41) is 0. The third-order valence-electron chi connectivity index (χ3n) is 1.44. The Balaban J connectivity index is 3.99. The maximum atomic E-state index is 5.58. The molecule has 0 aliphatic heterocycles. The lowest BCUT2D eigenvalue weighted by Gasteiger charge is -2.27. The molecule has 0 aliphatic rings. The average molecular weight is 141 g/mol. The Morgan fingerprint density at radius 2 is 2.20 bits per heavy atom. The molecule has 0 heterocycles. The zero-order valence-corrected chi connectivity index (χ0v) is 6.85. The van der Waals surface area contributed by atoms with Crippen LogP contribution < -0.4 is 5.73 Å². The zero-order chi connectivity index (χ0) is 8.20. The standard InChI is InChI=1S/C8H15NO/c1-5-7(9)8(3,4)10-6-2/h1,7H,6,9H2,2-4H3. The molecule has 0 aliphatic carbocycles. The molecule has 0 radical (unpaired) electrons. The van der Waals surface area contributed by atoms with E-state index in [0.29, 0.717) is 6.61 Å². The highest BCUT2D eigenvalue weighted by Gasteiger charge is 2.24. The van der Waals surface area contributed by atoms with Gasteiger partial charge in [0.2, 0.25) is 0 Å². The van der Waals surface area contributed by atoms with Crippen LogP contribution >= 0.6 is 0 Å². The van der Waals surface area contributed by atoms with E-state index in [2.05, 4.69) is 5.92 Å². The molecule has 0 amide bonds. The van der Waals surface area contributed by atoms with E-state index in [1.54, 1.807) is 0 Å². The van der Waals surface area contributed by atoms with Gasteiger partial charge in [-0.3, -0.25) is 0 Å². The highest BCUT2D eigenvalue weighted by molar-refractivity contribution is 5.05. The highest BCUT2D eigenvalue weighted by atomic mass is 16.5. The average Bonchev–Trinajstić information content (AvgIpc) is 1.86. The van der Waals surface area contributed by atoms with Crippen LogP contribution in [0.25, 0.3) is 0 Å². The predicted molar refractivity (Wildman–Crippen MR) is 42.5 cm³/mol. The van der Waals surface area contributed by atoms with E-state index < -0.39 is 5.60 Å². The van der Waals surface area contributed by atoms with E-state index >= 15 is 0 Å². The summed E-state index contributed by atoms with van der Waals surface area (Å²) in [5.41, 5.74) is 5.18. The molecule has 2 N–H and O–H groups in total. The third kappa shape index (κ3) is 2.38. The van der Waals surface area contributed by atoms with Gasteiger partial charge in [-0.25, -0.2) is 0 Å². The first-order valence-electron chi connectivity index (χ1n) is 3.40. The summed E-state index contributed by atoms with van der Waals surface area (Å²) in [4.78, 5) is 0. The van der Waals surface area contributed by atoms with Gasteiger partial charge < -0.3 is 10.5 Å². The Kier molecular flexibility index (Phi) is 3.41. The van der Waals surface area contributed by atoms with Crippen LogP contribution in [0.2, 0.25) is 0 Å². The van der Waals surface area contributed by atoms with Crippen molar-refractivity contribution in [3.63, 3.8) is 0 Å². The Morgan fingerprint density at radius 3 is 2.50 bits per heavy atom. The van der Waals surface area contributed by atoms with E-state index in [1.807, 2.05) is 20.8 Å². The number of nitrogens with two attached hydrogens (primary N) is 1. The molecule has 10 heavy (non-hydrogen) atoms. The van der Waals surface area contributed by atoms with E-state index in [9.17, 15) is 0 Å². The fourth-order valence-corrected chi connectivity index (χ4v) is 0.662. The Labute approximate surface area is 62.7 Å². The topological polar surface area (TPSA) is 35.2 Å². The van der Waals surface area contributed by atoms with Crippen LogP contribution in [-0.4, -0.2) is 18.2 Å². The van der Waals surface area contributed by atoms with Gasteiger partial charge in [-0.05, 0) is 20.8 Å². The van der Waals surface area contributed by atoms with Crippen molar-refractivity contribution in [2.75, 3.05) is 6.61 Å². The van der Waals surface area contributed by atoms with E-state index in [-0.39, 0.29) is 6.04 Å². The number of hydrogen-bond donors (Lipinski definition) is 1. The first kappa shape index (κ1) is 9.48. The van der Waals surface area contributed by atoms with Gasteiger partial charge >= 0.3 is 0 Å². The molecule has 2 nitrogen and oxygen atoms in total. The molecule has 0 aromatic heterocycles. The molecule has 0 saturated heterocycles. The minimum atomic E-state index is -0.399. The lowest BCUT2D eigenvalue weighted by atomic mass is 10.0. The van der Waals surface area contributed by atoms with E-state index in [0.717, 1.165) is 0 Å². The first-order chi connectivity index (χ1) is 4.54. The normalized spacial score (nSPS) is 14.3. The van der Waals surface area contributed by atoms with Crippen LogP contribution in [0, 0.1) is 12.3 Å². The Morgan fingerprint density at radius 1 is 1.70 bits per heavy atom. The summed E-state index contributed by atoms with van der Waals surface area (Å²) in [6.45, 7) is 6.34. The SMILES string of the molecule is C#CC(N)C(C)(C)OCC. The molecule has 0 aromatic carbocycles.